The van der Waals surface area contributed by atoms with E-state index in [1.54, 1.807) is 24.7 Å². The molecule has 0 radical (unpaired) electrons. The summed E-state index contributed by atoms with van der Waals surface area (Å²) in [4.78, 5) is 16.0. The zero-order valence-electron chi connectivity index (χ0n) is 13.0. The predicted molar refractivity (Wildman–Crippen MR) is 92.5 cm³/mol. The number of carbonyl (C=O) groups is 1. The number of phenols is 1. The molecule has 0 aliphatic heterocycles. The van der Waals surface area contributed by atoms with E-state index in [-0.39, 0.29) is 5.75 Å². The number of para-hydroxylation sites is 1. The number of aryl methyl sites for hydroxylation is 1. The van der Waals surface area contributed by atoms with Crippen molar-refractivity contribution in [2.45, 2.75) is 0 Å². The van der Waals surface area contributed by atoms with Crippen LogP contribution in [-0.2, 0) is 7.05 Å². The summed E-state index contributed by atoms with van der Waals surface area (Å²) in [5.74, 6) is 0.202. The second kappa shape index (κ2) is 5.38. The van der Waals surface area contributed by atoms with E-state index in [1.807, 2.05) is 52.6 Å². The van der Waals surface area contributed by atoms with Crippen molar-refractivity contribution >= 4 is 17.2 Å². The van der Waals surface area contributed by atoms with Gasteiger partial charge in [-0.1, -0.05) is 18.2 Å². The molecule has 24 heavy (non-hydrogen) atoms. The van der Waals surface area contributed by atoms with Gasteiger partial charge < -0.3 is 14.2 Å². The van der Waals surface area contributed by atoms with Crippen LogP contribution in [0, 0.1) is 0 Å². The van der Waals surface area contributed by atoms with E-state index >= 15 is 0 Å². The lowest BCUT2D eigenvalue weighted by Gasteiger charge is -2.12. The minimum atomic E-state index is 0.202. The zero-order valence-corrected chi connectivity index (χ0v) is 13.0. The van der Waals surface area contributed by atoms with E-state index in [4.69, 9.17) is 0 Å². The molecule has 0 saturated heterocycles. The maximum atomic E-state index is 11.9. The van der Waals surface area contributed by atoms with Crippen molar-refractivity contribution in [3.63, 3.8) is 0 Å². The normalized spacial score (nSPS) is 11.0. The number of phenolic OH excluding ortho intramolecular Hbond substituents is 1. The number of imidazole rings is 1. The maximum Gasteiger partial charge on any atom is 0.152 e. The number of aromatic nitrogens is 3. The highest BCUT2D eigenvalue weighted by Crippen LogP contribution is 2.35. The Labute approximate surface area is 138 Å². The molecular formula is C19H15N3O2. The number of aromatic hydroxyl groups is 1. The highest BCUT2D eigenvalue weighted by molar-refractivity contribution is 6.05. The van der Waals surface area contributed by atoms with Crippen molar-refractivity contribution in [3.8, 4) is 22.8 Å². The molecule has 5 heteroatoms. The molecule has 0 saturated carbocycles. The van der Waals surface area contributed by atoms with Gasteiger partial charge in [0.2, 0.25) is 0 Å². The van der Waals surface area contributed by atoms with Crippen LogP contribution in [0.4, 0.5) is 0 Å². The lowest BCUT2D eigenvalue weighted by molar-refractivity contribution is 0.112. The standard InChI is InChI=1S/C19H15N3O2/c1-21-12-20-10-18(21)19-16(11-23)15-4-2-3-5-17(15)22(19)13-6-8-14(24)9-7-13/h2-12,24H,1H3. The molecule has 0 spiro atoms. The van der Waals surface area contributed by atoms with Crippen molar-refractivity contribution in [1.29, 1.82) is 0 Å². The average molecular weight is 317 g/mol. The summed E-state index contributed by atoms with van der Waals surface area (Å²) in [6.45, 7) is 0. The van der Waals surface area contributed by atoms with Gasteiger partial charge in [0.15, 0.2) is 6.29 Å². The number of hydrogen-bond acceptors (Lipinski definition) is 3. The van der Waals surface area contributed by atoms with Gasteiger partial charge in [0.05, 0.1) is 29.4 Å². The number of fused-ring (bicyclic) bond motifs is 1. The molecule has 5 nitrogen and oxygen atoms in total. The van der Waals surface area contributed by atoms with Crippen molar-refractivity contribution in [2.24, 2.45) is 7.05 Å². The molecule has 1 N–H and O–H groups in total. The Bertz CT molecular complexity index is 1040. The van der Waals surface area contributed by atoms with Gasteiger partial charge in [-0.05, 0) is 30.3 Å². The maximum absolute atomic E-state index is 11.9. The fraction of sp³-hybridized carbons (Fsp3) is 0.0526. The minimum absolute atomic E-state index is 0.202. The van der Waals surface area contributed by atoms with Crippen molar-refractivity contribution in [3.05, 3.63) is 66.6 Å². The Morgan fingerprint density at radius 1 is 1.08 bits per heavy atom. The van der Waals surface area contributed by atoms with Crippen LogP contribution in [-0.4, -0.2) is 25.5 Å². The van der Waals surface area contributed by atoms with Crippen LogP contribution in [0.3, 0.4) is 0 Å². The Morgan fingerprint density at radius 3 is 2.50 bits per heavy atom. The highest BCUT2D eigenvalue weighted by atomic mass is 16.3. The molecular weight excluding hydrogens is 302 g/mol. The summed E-state index contributed by atoms with van der Waals surface area (Å²) >= 11 is 0. The van der Waals surface area contributed by atoms with E-state index in [1.165, 1.54) is 0 Å². The summed E-state index contributed by atoms with van der Waals surface area (Å²) < 4.78 is 3.91. The minimum Gasteiger partial charge on any atom is -0.508 e. The Kier molecular flexibility index (Phi) is 3.20. The van der Waals surface area contributed by atoms with E-state index < -0.39 is 0 Å². The Hall–Kier alpha value is -3.34. The van der Waals surface area contributed by atoms with Gasteiger partial charge in [-0.25, -0.2) is 4.98 Å². The van der Waals surface area contributed by atoms with E-state index in [2.05, 4.69) is 4.98 Å². The molecule has 0 amide bonds. The van der Waals surface area contributed by atoms with Crippen LogP contribution in [0.25, 0.3) is 28.0 Å². The third kappa shape index (κ3) is 2.02. The van der Waals surface area contributed by atoms with Crippen molar-refractivity contribution in [1.82, 2.24) is 14.1 Å². The SMILES string of the molecule is Cn1cncc1-c1c(C=O)c2ccccc2n1-c1ccc(O)cc1. The van der Waals surface area contributed by atoms with Crippen LogP contribution in [0.1, 0.15) is 10.4 Å². The Morgan fingerprint density at radius 2 is 1.83 bits per heavy atom. The summed E-state index contributed by atoms with van der Waals surface area (Å²) in [5.41, 5.74) is 4.07. The molecule has 0 atom stereocenters. The number of hydrogen-bond donors (Lipinski definition) is 1. The first-order chi connectivity index (χ1) is 11.7. The number of nitrogens with zero attached hydrogens (tertiary/aromatic N) is 3. The molecule has 0 unspecified atom stereocenters. The van der Waals surface area contributed by atoms with Gasteiger partial charge in [0, 0.05) is 23.7 Å². The second-order valence-electron chi connectivity index (χ2n) is 5.64. The van der Waals surface area contributed by atoms with Gasteiger partial charge >= 0.3 is 0 Å². The summed E-state index contributed by atoms with van der Waals surface area (Å²) in [7, 11) is 1.90. The fourth-order valence-electron chi connectivity index (χ4n) is 3.09. The van der Waals surface area contributed by atoms with Gasteiger partial charge in [0.1, 0.15) is 5.75 Å². The Balaban J connectivity index is 2.16. The van der Waals surface area contributed by atoms with Crippen LogP contribution in [0.2, 0.25) is 0 Å². The van der Waals surface area contributed by atoms with Gasteiger partial charge in [-0.2, -0.15) is 0 Å². The monoisotopic (exact) mass is 317 g/mol. The van der Waals surface area contributed by atoms with E-state index in [0.717, 1.165) is 34.3 Å². The molecule has 4 rings (SSSR count). The van der Waals surface area contributed by atoms with Gasteiger partial charge in [0.25, 0.3) is 0 Å². The van der Waals surface area contributed by atoms with Crippen LogP contribution in [0.15, 0.2) is 61.1 Å². The van der Waals surface area contributed by atoms with Crippen LogP contribution in [0.5, 0.6) is 5.75 Å². The lowest BCUT2D eigenvalue weighted by atomic mass is 10.1. The van der Waals surface area contributed by atoms with E-state index in [0.29, 0.717) is 5.56 Å². The topological polar surface area (TPSA) is 60.0 Å². The smallest absolute Gasteiger partial charge is 0.152 e. The number of aldehydes is 1. The molecule has 0 aliphatic carbocycles. The highest BCUT2D eigenvalue weighted by Gasteiger charge is 2.21. The van der Waals surface area contributed by atoms with Crippen LogP contribution < -0.4 is 0 Å². The van der Waals surface area contributed by atoms with Gasteiger partial charge in [-0.3, -0.25) is 4.79 Å². The number of rotatable bonds is 3. The molecule has 2 aromatic carbocycles. The molecule has 2 aromatic heterocycles. The van der Waals surface area contributed by atoms with Crippen LogP contribution >= 0.6 is 0 Å². The molecule has 0 fully saturated rings. The predicted octanol–water partition coefficient (Wildman–Crippen LogP) is 3.55. The first-order valence-electron chi connectivity index (χ1n) is 7.55. The summed E-state index contributed by atoms with van der Waals surface area (Å²) in [5, 5.41) is 10.5. The fourth-order valence-corrected chi connectivity index (χ4v) is 3.09. The average Bonchev–Trinajstić information content (AvgIpc) is 3.16. The molecule has 2 heterocycles. The van der Waals surface area contributed by atoms with E-state index in [9.17, 15) is 9.90 Å². The third-order valence-corrected chi connectivity index (χ3v) is 4.20. The largest absolute Gasteiger partial charge is 0.508 e. The first kappa shape index (κ1) is 14.3. The zero-order chi connectivity index (χ0) is 16.7. The lowest BCUT2D eigenvalue weighted by Crippen LogP contribution is -2.01. The summed E-state index contributed by atoms with van der Waals surface area (Å²) in [6.07, 6.45) is 4.35. The van der Waals surface area contributed by atoms with Crippen molar-refractivity contribution in [2.75, 3.05) is 0 Å². The van der Waals surface area contributed by atoms with Crippen molar-refractivity contribution < 1.29 is 9.90 Å². The van der Waals surface area contributed by atoms with Gasteiger partial charge in [-0.15, -0.1) is 0 Å². The summed E-state index contributed by atoms with van der Waals surface area (Å²) in [6, 6.07) is 14.7. The molecule has 4 aromatic rings. The number of carbonyl (C=O) groups excluding carboxylic acids is 1. The quantitative estimate of drug-likeness (QED) is 0.588. The number of benzene rings is 2. The second-order valence-corrected chi connectivity index (χ2v) is 5.64. The third-order valence-electron chi connectivity index (χ3n) is 4.20. The first-order valence-corrected chi connectivity index (χ1v) is 7.55. The molecule has 118 valence electrons. The molecule has 0 aliphatic rings. The molecule has 0 bridgehead atoms.